The standard InChI is InChI=1S/C23H20ClN5O4/c1-26-20-19(21(30)27(2)23(26)31)28-12-17(13-5-7-14(24)8-6-13)29(22(28)25-20)16-11-15(32-3)9-10-18(16)33-4/h5-12H,1-4H3. The van der Waals surface area contributed by atoms with Crippen LogP contribution in [0.5, 0.6) is 11.5 Å². The first-order chi connectivity index (χ1) is 15.8. The maximum atomic E-state index is 13.1. The summed E-state index contributed by atoms with van der Waals surface area (Å²) in [5.74, 6) is 1.65. The van der Waals surface area contributed by atoms with Gasteiger partial charge in [-0.05, 0) is 24.3 Å². The molecule has 0 radical (unpaired) electrons. The van der Waals surface area contributed by atoms with Gasteiger partial charge in [-0.3, -0.25) is 22.9 Å². The second-order valence-corrected chi connectivity index (χ2v) is 7.99. The third-order valence-corrected chi connectivity index (χ3v) is 5.98. The van der Waals surface area contributed by atoms with Crippen LogP contribution in [0.3, 0.4) is 0 Å². The lowest BCUT2D eigenvalue weighted by atomic mass is 10.1. The van der Waals surface area contributed by atoms with Crippen molar-refractivity contribution in [1.82, 2.24) is 23.1 Å². The molecule has 3 heterocycles. The molecule has 0 amide bonds. The molecule has 0 aliphatic carbocycles. The number of rotatable bonds is 4. The van der Waals surface area contributed by atoms with E-state index in [0.29, 0.717) is 33.5 Å². The highest BCUT2D eigenvalue weighted by Gasteiger charge is 2.23. The second-order valence-electron chi connectivity index (χ2n) is 7.55. The predicted molar refractivity (Wildman–Crippen MR) is 126 cm³/mol. The van der Waals surface area contributed by atoms with E-state index >= 15 is 0 Å². The number of benzene rings is 2. The minimum atomic E-state index is -0.448. The minimum Gasteiger partial charge on any atom is -0.497 e. The largest absolute Gasteiger partial charge is 0.497 e. The molecule has 5 rings (SSSR count). The number of hydrogen-bond acceptors (Lipinski definition) is 5. The Labute approximate surface area is 192 Å². The molecular weight excluding hydrogens is 446 g/mol. The van der Waals surface area contributed by atoms with E-state index in [4.69, 9.17) is 26.1 Å². The number of aryl methyl sites for hydroxylation is 1. The van der Waals surface area contributed by atoms with E-state index in [1.54, 1.807) is 49.9 Å². The summed E-state index contributed by atoms with van der Waals surface area (Å²) in [6, 6.07) is 12.8. The maximum Gasteiger partial charge on any atom is 0.332 e. The van der Waals surface area contributed by atoms with Crippen molar-refractivity contribution >= 4 is 28.5 Å². The van der Waals surface area contributed by atoms with Gasteiger partial charge in [0.25, 0.3) is 5.56 Å². The fraction of sp³-hybridized carbons (Fsp3) is 0.174. The van der Waals surface area contributed by atoms with Crippen molar-refractivity contribution in [1.29, 1.82) is 0 Å². The monoisotopic (exact) mass is 465 g/mol. The van der Waals surface area contributed by atoms with Gasteiger partial charge in [0, 0.05) is 36.9 Å². The second kappa shape index (κ2) is 7.56. The average molecular weight is 466 g/mol. The Balaban J connectivity index is 1.98. The molecular formula is C23H20ClN5O4. The molecule has 3 aromatic heterocycles. The Morgan fingerprint density at radius 2 is 1.67 bits per heavy atom. The van der Waals surface area contributed by atoms with Crippen molar-refractivity contribution in [3.63, 3.8) is 0 Å². The van der Waals surface area contributed by atoms with E-state index in [2.05, 4.69) is 0 Å². The van der Waals surface area contributed by atoms with Crippen molar-refractivity contribution in [2.45, 2.75) is 0 Å². The fourth-order valence-corrected chi connectivity index (χ4v) is 4.13. The van der Waals surface area contributed by atoms with Gasteiger partial charge < -0.3 is 9.47 Å². The van der Waals surface area contributed by atoms with Crippen LogP contribution in [0.25, 0.3) is 33.9 Å². The van der Waals surface area contributed by atoms with Crippen molar-refractivity contribution < 1.29 is 9.47 Å². The number of hydrogen-bond donors (Lipinski definition) is 0. The quantitative estimate of drug-likeness (QED) is 0.407. The van der Waals surface area contributed by atoms with Crippen LogP contribution < -0.4 is 20.7 Å². The molecule has 0 spiro atoms. The number of nitrogens with zero attached hydrogens (tertiary/aromatic N) is 5. The lowest BCUT2D eigenvalue weighted by molar-refractivity contribution is 0.402. The van der Waals surface area contributed by atoms with E-state index in [-0.39, 0.29) is 5.65 Å². The molecule has 9 nitrogen and oxygen atoms in total. The van der Waals surface area contributed by atoms with Crippen LogP contribution in [-0.2, 0) is 14.1 Å². The van der Waals surface area contributed by atoms with Crippen molar-refractivity contribution in [3.8, 4) is 28.4 Å². The predicted octanol–water partition coefficient (Wildman–Crippen LogP) is 3.01. The number of ether oxygens (including phenoxy) is 2. The number of aromatic nitrogens is 5. The highest BCUT2D eigenvalue weighted by atomic mass is 35.5. The number of methoxy groups -OCH3 is 2. The van der Waals surface area contributed by atoms with Crippen LogP contribution in [0.2, 0.25) is 5.02 Å². The van der Waals surface area contributed by atoms with Crippen LogP contribution in [0.4, 0.5) is 0 Å². The Bertz CT molecular complexity index is 1660. The fourth-order valence-electron chi connectivity index (χ4n) is 4.00. The summed E-state index contributed by atoms with van der Waals surface area (Å²) < 4.78 is 17.1. The van der Waals surface area contributed by atoms with Crippen LogP contribution in [0.15, 0.2) is 58.3 Å². The summed E-state index contributed by atoms with van der Waals surface area (Å²) in [5, 5.41) is 0.606. The average Bonchev–Trinajstić information content (AvgIpc) is 3.37. The highest BCUT2D eigenvalue weighted by molar-refractivity contribution is 6.30. The van der Waals surface area contributed by atoms with Crippen molar-refractivity contribution in [2.24, 2.45) is 14.1 Å². The molecule has 0 bridgehead atoms. The molecule has 0 saturated heterocycles. The van der Waals surface area contributed by atoms with E-state index in [0.717, 1.165) is 15.8 Å². The summed E-state index contributed by atoms with van der Waals surface area (Å²) in [4.78, 5) is 30.2. The van der Waals surface area contributed by atoms with E-state index in [9.17, 15) is 9.59 Å². The Morgan fingerprint density at radius 1 is 0.939 bits per heavy atom. The first-order valence-corrected chi connectivity index (χ1v) is 10.4. The third-order valence-electron chi connectivity index (χ3n) is 5.73. The number of fused-ring (bicyclic) bond motifs is 3. The van der Waals surface area contributed by atoms with Gasteiger partial charge in [0.2, 0.25) is 5.78 Å². The number of imidazole rings is 2. The van der Waals surface area contributed by atoms with E-state index in [1.807, 2.05) is 29.0 Å². The lowest BCUT2D eigenvalue weighted by Gasteiger charge is -2.14. The zero-order valence-electron chi connectivity index (χ0n) is 18.4. The SMILES string of the molecule is COc1ccc(OC)c(-n2c(-c3ccc(Cl)cc3)cn3c4c(=O)n(C)c(=O)n(C)c4nc23)c1. The molecule has 0 N–H and O–H groups in total. The van der Waals surface area contributed by atoms with Gasteiger partial charge in [-0.25, -0.2) is 4.79 Å². The molecule has 0 saturated carbocycles. The first-order valence-electron chi connectivity index (χ1n) is 10.0. The van der Waals surface area contributed by atoms with Gasteiger partial charge in [0.05, 0.1) is 25.6 Å². The zero-order chi connectivity index (χ0) is 23.4. The summed E-state index contributed by atoms with van der Waals surface area (Å²) in [7, 11) is 6.20. The van der Waals surface area contributed by atoms with Crippen LogP contribution >= 0.6 is 11.6 Å². The molecule has 0 aliphatic rings. The first kappa shape index (κ1) is 20.9. The molecule has 0 unspecified atom stereocenters. The van der Waals surface area contributed by atoms with Gasteiger partial charge in [-0.15, -0.1) is 0 Å². The van der Waals surface area contributed by atoms with Gasteiger partial charge in [-0.1, -0.05) is 23.7 Å². The normalized spacial score (nSPS) is 11.4. The van der Waals surface area contributed by atoms with Crippen molar-refractivity contribution in [2.75, 3.05) is 14.2 Å². The Kier molecular flexibility index (Phi) is 4.79. The molecule has 0 fully saturated rings. The van der Waals surface area contributed by atoms with E-state index < -0.39 is 11.2 Å². The van der Waals surface area contributed by atoms with Gasteiger partial charge >= 0.3 is 5.69 Å². The summed E-state index contributed by atoms with van der Waals surface area (Å²) in [5.41, 5.74) is 1.97. The summed E-state index contributed by atoms with van der Waals surface area (Å²) in [6.45, 7) is 0. The molecule has 5 aromatic rings. The summed E-state index contributed by atoms with van der Waals surface area (Å²) >= 11 is 6.11. The van der Waals surface area contributed by atoms with E-state index in [1.165, 1.54) is 11.6 Å². The topological polar surface area (TPSA) is 84.7 Å². The smallest absolute Gasteiger partial charge is 0.332 e. The van der Waals surface area contributed by atoms with Gasteiger partial charge in [-0.2, -0.15) is 4.98 Å². The van der Waals surface area contributed by atoms with Crippen LogP contribution in [-0.4, -0.2) is 37.3 Å². The molecule has 33 heavy (non-hydrogen) atoms. The van der Waals surface area contributed by atoms with Gasteiger partial charge in [0.1, 0.15) is 11.5 Å². The van der Waals surface area contributed by atoms with Crippen LogP contribution in [0.1, 0.15) is 0 Å². The minimum absolute atomic E-state index is 0.288. The molecule has 168 valence electrons. The number of halogens is 1. The van der Waals surface area contributed by atoms with Gasteiger partial charge in [0.15, 0.2) is 11.2 Å². The Morgan fingerprint density at radius 3 is 2.33 bits per heavy atom. The molecule has 2 aromatic carbocycles. The zero-order valence-corrected chi connectivity index (χ0v) is 19.1. The maximum absolute atomic E-state index is 13.1. The van der Waals surface area contributed by atoms with Crippen LogP contribution in [0, 0.1) is 0 Å². The lowest BCUT2D eigenvalue weighted by Crippen LogP contribution is -2.37. The highest BCUT2D eigenvalue weighted by Crippen LogP contribution is 2.35. The third kappa shape index (κ3) is 3.04. The molecule has 0 aliphatic heterocycles. The van der Waals surface area contributed by atoms with Crippen molar-refractivity contribution in [3.05, 3.63) is 74.5 Å². The molecule has 10 heteroatoms. The molecule has 0 atom stereocenters. The summed E-state index contributed by atoms with van der Waals surface area (Å²) in [6.07, 6.45) is 1.82. The Hall–Kier alpha value is -3.98.